The molecule has 1 rings (SSSR count). The molecular weight excluding hydrogens is 207 g/mol. The Balaban J connectivity index is 3.03. The summed E-state index contributed by atoms with van der Waals surface area (Å²) >= 11 is 11.5. The van der Waals surface area contributed by atoms with Crippen LogP contribution in [0, 0.1) is 0 Å². The average Bonchev–Trinajstić information content (AvgIpc) is 2.02. The normalized spacial score (nSPS) is 20.8. The molecule has 1 heterocycles. The molecule has 0 atom stereocenters. The van der Waals surface area contributed by atoms with Gasteiger partial charge in [0.05, 0.1) is 0 Å². The predicted molar refractivity (Wildman–Crippen MR) is 58.6 cm³/mol. The second kappa shape index (κ2) is 4.40. The highest BCUT2D eigenvalue weighted by molar-refractivity contribution is 6.86. The van der Waals surface area contributed by atoms with Gasteiger partial charge in [0, 0.05) is 6.20 Å². The summed E-state index contributed by atoms with van der Waals surface area (Å²) in [5.41, 5.74) is 1.23. The van der Waals surface area contributed by atoms with Crippen LogP contribution in [0.3, 0.4) is 0 Å². The Morgan fingerprint density at radius 1 is 1.54 bits per heavy atom. The minimum atomic E-state index is 0.274. The van der Waals surface area contributed by atoms with Crippen molar-refractivity contribution in [1.82, 2.24) is 0 Å². The van der Waals surface area contributed by atoms with Gasteiger partial charge in [0.1, 0.15) is 10.9 Å². The number of rotatable bonds is 1. The van der Waals surface area contributed by atoms with E-state index in [0.29, 0.717) is 16.4 Å². The van der Waals surface area contributed by atoms with Crippen molar-refractivity contribution in [1.29, 1.82) is 0 Å². The summed E-state index contributed by atoms with van der Waals surface area (Å²) in [7, 11) is 0. The third-order valence-corrected chi connectivity index (χ3v) is 1.81. The van der Waals surface area contributed by atoms with E-state index in [9.17, 15) is 0 Å². The smallest absolute Gasteiger partial charge is 0.156 e. The molecule has 0 amide bonds. The first-order valence-corrected chi connectivity index (χ1v) is 4.40. The fourth-order valence-corrected chi connectivity index (χ4v) is 1.33. The Bertz CT molecular complexity index is 349. The first-order valence-electron chi connectivity index (χ1n) is 3.65. The van der Waals surface area contributed by atoms with Gasteiger partial charge in [-0.1, -0.05) is 35.9 Å². The lowest BCUT2D eigenvalue weighted by atomic mass is 10.1. The minimum absolute atomic E-state index is 0.274. The van der Waals surface area contributed by atoms with Crippen LogP contribution in [0.5, 0.6) is 0 Å². The summed E-state index contributed by atoms with van der Waals surface area (Å²) < 4.78 is 0. The fourth-order valence-electron chi connectivity index (χ4n) is 0.809. The first kappa shape index (κ1) is 10.2. The maximum Gasteiger partial charge on any atom is 0.156 e. The third-order valence-electron chi connectivity index (χ3n) is 1.35. The molecule has 0 unspecified atom stereocenters. The molecule has 0 N–H and O–H groups in total. The molecule has 4 heteroatoms. The van der Waals surface area contributed by atoms with Gasteiger partial charge in [0.15, 0.2) is 5.17 Å². The molecule has 0 aromatic carbocycles. The first-order chi connectivity index (χ1) is 6.15. The van der Waals surface area contributed by atoms with E-state index in [2.05, 4.69) is 16.6 Å². The van der Waals surface area contributed by atoms with E-state index in [0.717, 1.165) is 0 Å². The Morgan fingerprint density at radius 3 is 2.77 bits per heavy atom. The summed E-state index contributed by atoms with van der Waals surface area (Å²) in [6, 6.07) is 0. The van der Waals surface area contributed by atoms with Gasteiger partial charge in [-0.15, -0.1) is 0 Å². The quantitative estimate of drug-likeness (QED) is 0.600. The van der Waals surface area contributed by atoms with Gasteiger partial charge in [-0.25, -0.2) is 4.99 Å². The molecule has 0 spiro atoms. The molecule has 1 aliphatic heterocycles. The third kappa shape index (κ3) is 2.54. The van der Waals surface area contributed by atoms with Gasteiger partial charge >= 0.3 is 0 Å². The van der Waals surface area contributed by atoms with Gasteiger partial charge in [-0.3, -0.25) is 4.99 Å². The SMILES string of the molecule is C=C1C=C(Cl)N=C(Cl)C1=N/C=C\C. The summed E-state index contributed by atoms with van der Waals surface area (Å²) in [6.45, 7) is 5.62. The number of hydrogen-bond donors (Lipinski definition) is 0. The van der Waals surface area contributed by atoms with Crippen LogP contribution in [0.1, 0.15) is 6.92 Å². The van der Waals surface area contributed by atoms with Crippen LogP contribution in [-0.2, 0) is 0 Å². The van der Waals surface area contributed by atoms with Gasteiger partial charge in [-0.05, 0) is 18.6 Å². The van der Waals surface area contributed by atoms with Crippen LogP contribution in [0.15, 0.2) is 45.6 Å². The Labute approximate surface area is 87.0 Å². The molecule has 1 aliphatic rings. The lowest BCUT2D eigenvalue weighted by molar-refractivity contribution is 1.46. The second-order valence-electron chi connectivity index (χ2n) is 2.36. The zero-order valence-corrected chi connectivity index (χ0v) is 8.60. The molecule has 0 saturated heterocycles. The lowest BCUT2D eigenvalue weighted by Gasteiger charge is -2.08. The van der Waals surface area contributed by atoms with Crippen molar-refractivity contribution in [3.05, 3.63) is 35.7 Å². The summed E-state index contributed by atoms with van der Waals surface area (Å²) in [6.07, 6.45) is 5.05. The molecule has 68 valence electrons. The van der Waals surface area contributed by atoms with Gasteiger partial charge in [-0.2, -0.15) is 0 Å². The van der Waals surface area contributed by atoms with E-state index in [4.69, 9.17) is 23.2 Å². The number of aliphatic imine (C=N–C) groups is 2. The van der Waals surface area contributed by atoms with Crippen molar-refractivity contribution < 1.29 is 0 Å². The van der Waals surface area contributed by atoms with Crippen molar-refractivity contribution in [3.8, 4) is 0 Å². The standard InChI is InChI=1S/C9H8Cl2N2/c1-3-4-12-8-6(2)5-7(10)13-9(8)11/h3-5H,2H2,1H3/b4-3-,12-8?. The molecule has 0 fully saturated rings. The number of hydrogen-bond acceptors (Lipinski definition) is 2. The molecule has 0 saturated carbocycles. The van der Waals surface area contributed by atoms with E-state index < -0.39 is 0 Å². The van der Waals surface area contributed by atoms with E-state index in [1.54, 1.807) is 18.4 Å². The zero-order valence-electron chi connectivity index (χ0n) is 7.09. The van der Waals surface area contributed by atoms with Crippen molar-refractivity contribution in [3.63, 3.8) is 0 Å². The number of allylic oxidation sites excluding steroid dienone is 3. The lowest BCUT2D eigenvalue weighted by Crippen LogP contribution is -2.12. The summed E-state index contributed by atoms with van der Waals surface area (Å²) in [5.74, 6) is 0. The monoisotopic (exact) mass is 214 g/mol. The average molecular weight is 215 g/mol. The van der Waals surface area contributed by atoms with Gasteiger partial charge < -0.3 is 0 Å². The van der Waals surface area contributed by atoms with Crippen LogP contribution in [0.4, 0.5) is 0 Å². The van der Waals surface area contributed by atoms with Crippen LogP contribution in [0.25, 0.3) is 0 Å². The Hall–Kier alpha value is -0.860. The van der Waals surface area contributed by atoms with Crippen LogP contribution in [0.2, 0.25) is 0 Å². The highest BCUT2D eigenvalue weighted by atomic mass is 35.5. The number of nitrogens with zero attached hydrogens (tertiary/aromatic N) is 2. The molecule has 0 radical (unpaired) electrons. The topological polar surface area (TPSA) is 24.7 Å². The highest BCUT2D eigenvalue weighted by Gasteiger charge is 2.14. The van der Waals surface area contributed by atoms with Crippen LogP contribution in [-0.4, -0.2) is 10.9 Å². The molecule has 13 heavy (non-hydrogen) atoms. The molecular formula is C9H8Cl2N2. The maximum atomic E-state index is 5.81. The fraction of sp³-hybridized carbons (Fsp3) is 0.111. The van der Waals surface area contributed by atoms with Gasteiger partial charge in [0.25, 0.3) is 0 Å². The van der Waals surface area contributed by atoms with Crippen molar-refractivity contribution >= 4 is 34.1 Å². The van der Waals surface area contributed by atoms with E-state index >= 15 is 0 Å². The van der Waals surface area contributed by atoms with Crippen molar-refractivity contribution in [2.75, 3.05) is 0 Å². The minimum Gasteiger partial charge on any atom is -0.253 e. The van der Waals surface area contributed by atoms with Crippen molar-refractivity contribution in [2.24, 2.45) is 9.98 Å². The van der Waals surface area contributed by atoms with E-state index in [1.165, 1.54) is 0 Å². The summed E-state index contributed by atoms with van der Waals surface area (Å²) in [5, 5.41) is 0.602. The Kier molecular flexibility index (Phi) is 3.46. The van der Waals surface area contributed by atoms with Gasteiger partial charge in [0.2, 0.25) is 0 Å². The molecule has 2 nitrogen and oxygen atoms in total. The predicted octanol–water partition coefficient (Wildman–Crippen LogP) is 3.25. The zero-order chi connectivity index (χ0) is 9.84. The molecule has 0 aromatic heterocycles. The number of halogens is 2. The molecule has 0 aliphatic carbocycles. The summed E-state index contributed by atoms with van der Waals surface area (Å²) in [4.78, 5) is 7.92. The Morgan fingerprint density at radius 2 is 2.23 bits per heavy atom. The maximum absolute atomic E-state index is 5.81. The van der Waals surface area contributed by atoms with Crippen molar-refractivity contribution in [2.45, 2.75) is 6.92 Å². The van der Waals surface area contributed by atoms with E-state index in [1.807, 2.05) is 6.92 Å². The second-order valence-corrected chi connectivity index (χ2v) is 3.10. The largest absolute Gasteiger partial charge is 0.253 e. The molecule has 0 bridgehead atoms. The van der Waals surface area contributed by atoms with Crippen LogP contribution >= 0.6 is 23.2 Å². The van der Waals surface area contributed by atoms with E-state index in [-0.39, 0.29) is 5.17 Å². The highest BCUT2D eigenvalue weighted by Crippen LogP contribution is 2.18. The molecule has 0 aromatic rings. The van der Waals surface area contributed by atoms with Crippen LogP contribution < -0.4 is 0 Å².